The largest absolute Gasteiger partial charge is 0.467 e. The van der Waals surface area contributed by atoms with Crippen molar-refractivity contribution < 1.29 is 23.8 Å². The van der Waals surface area contributed by atoms with Crippen molar-refractivity contribution in [3.63, 3.8) is 0 Å². The number of hydrogen-bond donors (Lipinski definition) is 0. The Morgan fingerprint density at radius 2 is 1.76 bits per heavy atom. The predicted molar refractivity (Wildman–Crippen MR) is 55.6 cm³/mol. The first-order chi connectivity index (χ1) is 8.12. The number of ether oxygens (including phenoxy) is 3. The van der Waals surface area contributed by atoms with Gasteiger partial charge in [0.15, 0.2) is 12.2 Å². The molecule has 0 radical (unpaired) electrons. The number of carbonyl (C=O) groups excluding carboxylic acids is 2. The third kappa shape index (κ3) is 3.29. The van der Waals surface area contributed by atoms with Gasteiger partial charge in [0.25, 0.3) is 0 Å². The van der Waals surface area contributed by atoms with Gasteiger partial charge in [-0.3, -0.25) is 0 Å². The second-order valence-corrected chi connectivity index (χ2v) is 3.50. The smallest absolute Gasteiger partial charge is 0.335 e. The second-order valence-electron chi connectivity index (χ2n) is 3.50. The summed E-state index contributed by atoms with van der Waals surface area (Å²) in [7, 11) is 2.47. The number of nitriles is 1. The summed E-state index contributed by atoms with van der Waals surface area (Å²) in [5, 5.41) is 8.58. The van der Waals surface area contributed by atoms with Crippen molar-refractivity contribution in [2.75, 3.05) is 14.2 Å². The molecule has 92 valence electrons. The van der Waals surface area contributed by atoms with E-state index in [1.165, 1.54) is 20.3 Å². The van der Waals surface area contributed by atoms with Gasteiger partial charge in [-0.1, -0.05) is 5.57 Å². The quantitative estimate of drug-likeness (QED) is 0.510. The van der Waals surface area contributed by atoms with Crippen LogP contribution in [0.2, 0.25) is 0 Å². The maximum atomic E-state index is 11.4. The number of carbonyl (C=O) groups is 2. The van der Waals surface area contributed by atoms with Gasteiger partial charge in [0.1, 0.15) is 0 Å². The van der Waals surface area contributed by atoms with Crippen LogP contribution in [0, 0.1) is 11.3 Å². The van der Waals surface area contributed by atoms with Crippen LogP contribution in [0.1, 0.15) is 12.8 Å². The Labute approximate surface area is 98.7 Å². The molecule has 0 aliphatic carbocycles. The molecule has 1 fully saturated rings. The van der Waals surface area contributed by atoms with E-state index in [1.807, 2.05) is 6.07 Å². The van der Waals surface area contributed by atoms with E-state index >= 15 is 0 Å². The van der Waals surface area contributed by atoms with Crippen LogP contribution in [-0.2, 0) is 23.8 Å². The van der Waals surface area contributed by atoms with E-state index in [-0.39, 0.29) is 12.8 Å². The minimum Gasteiger partial charge on any atom is -0.467 e. The van der Waals surface area contributed by atoms with Crippen molar-refractivity contribution in [2.45, 2.75) is 25.0 Å². The van der Waals surface area contributed by atoms with Gasteiger partial charge in [0, 0.05) is 18.9 Å². The summed E-state index contributed by atoms with van der Waals surface area (Å²) in [5.74, 6) is -1.13. The summed E-state index contributed by atoms with van der Waals surface area (Å²) in [4.78, 5) is 22.7. The molecule has 0 N–H and O–H groups in total. The molecule has 0 bridgehead atoms. The van der Waals surface area contributed by atoms with E-state index in [0.717, 1.165) is 0 Å². The first kappa shape index (κ1) is 13.2. The molecule has 1 saturated heterocycles. The highest BCUT2D eigenvalue weighted by atomic mass is 16.6. The number of esters is 2. The van der Waals surface area contributed by atoms with Crippen LogP contribution >= 0.6 is 0 Å². The van der Waals surface area contributed by atoms with E-state index in [2.05, 4.69) is 9.47 Å². The highest BCUT2D eigenvalue weighted by Crippen LogP contribution is 2.25. The fraction of sp³-hybridized carbons (Fsp3) is 0.545. The Bertz CT molecular complexity index is 356. The van der Waals surface area contributed by atoms with Gasteiger partial charge in [0.2, 0.25) is 0 Å². The average molecular weight is 239 g/mol. The van der Waals surface area contributed by atoms with Crippen LogP contribution < -0.4 is 0 Å². The molecule has 0 aromatic carbocycles. The monoisotopic (exact) mass is 239 g/mol. The first-order valence-electron chi connectivity index (χ1n) is 5.01. The average Bonchev–Trinajstić information content (AvgIpc) is 2.36. The fourth-order valence-corrected chi connectivity index (χ4v) is 1.60. The molecule has 0 aromatic heterocycles. The lowest BCUT2D eigenvalue weighted by Crippen LogP contribution is -2.39. The molecule has 2 atom stereocenters. The van der Waals surface area contributed by atoms with Gasteiger partial charge in [-0.05, 0) is 0 Å². The SMILES string of the molecule is COC(=O)C1CC(=CC#N)CC(C(=O)OC)O1. The lowest BCUT2D eigenvalue weighted by atomic mass is 9.97. The van der Waals surface area contributed by atoms with Gasteiger partial charge in [-0.15, -0.1) is 0 Å². The van der Waals surface area contributed by atoms with Gasteiger partial charge in [0.05, 0.1) is 20.3 Å². The predicted octanol–water partition coefficient (Wildman–Crippen LogP) is 0.330. The topological polar surface area (TPSA) is 85.6 Å². The minimum absolute atomic E-state index is 0.258. The van der Waals surface area contributed by atoms with Crippen LogP contribution in [0.25, 0.3) is 0 Å². The Balaban J connectivity index is 2.84. The van der Waals surface area contributed by atoms with E-state index in [9.17, 15) is 9.59 Å². The minimum atomic E-state index is -0.863. The third-order valence-corrected chi connectivity index (χ3v) is 2.42. The standard InChI is InChI=1S/C11H13NO5/c1-15-10(13)8-5-7(3-4-12)6-9(17-8)11(14)16-2/h3,8-9H,5-6H2,1-2H3. The van der Waals surface area contributed by atoms with Gasteiger partial charge < -0.3 is 14.2 Å². The molecule has 6 nitrogen and oxygen atoms in total. The molecule has 1 rings (SSSR count). The van der Waals surface area contributed by atoms with Crippen LogP contribution in [0.5, 0.6) is 0 Å². The highest BCUT2D eigenvalue weighted by molar-refractivity contribution is 5.79. The fourth-order valence-electron chi connectivity index (χ4n) is 1.60. The lowest BCUT2D eigenvalue weighted by molar-refractivity contribution is -0.172. The molecule has 0 amide bonds. The van der Waals surface area contributed by atoms with Gasteiger partial charge >= 0.3 is 11.9 Å². The zero-order valence-electron chi connectivity index (χ0n) is 9.63. The molecule has 6 heteroatoms. The zero-order valence-corrected chi connectivity index (χ0v) is 9.63. The summed E-state index contributed by atoms with van der Waals surface area (Å²) in [5.41, 5.74) is 0.671. The number of methoxy groups -OCH3 is 2. The molecule has 0 spiro atoms. The molecule has 1 aliphatic rings. The van der Waals surface area contributed by atoms with Crippen molar-refractivity contribution in [3.05, 3.63) is 11.6 Å². The molecule has 0 aromatic rings. The summed E-state index contributed by atoms with van der Waals surface area (Å²) < 4.78 is 14.4. The maximum absolute atomic E-state index is 11.4. The maximum Gasteiger partial charge on any atom is 0.335 e. The van der Waals surface area contributed by atoms with Crippen LogP contribution in [0.4, 0.5) is 0 Å². The van der Waals surface area contributed by atoms with Crippen molar-refractivity contribution in [1.29, 1.82) is 5.26 Å². The lowest BCUT2D eigenvalue weighted by Gasteiger charge is -2.28. The normalized spacial score (nSPS) is 23.5. The van der Waals surface area contributed by atoms with E-state index in [0.29, 0.717) is 5.57 Å². The first-order valence-corrected chi connectivity index (χ1v) is 5.01. The highest BCUT2D eigenvalue weighted by Gasteiger charge is 2.35. The summed E-state index contributed by atoms with van der Waals surface area (Å²) >= 11 is 0. The van der Waals surface area contributed by atoms with Crippen molar-refractivity contribution >= 4 is 11.9 Å². The van der Waals surface area contributed by atoms with E-state index < -0.39 is 24.1 Å². The van der Waals surface area contributed by atoms with E-state index in [4.69, 9.17) is 10.00 Å². The summed E-state index contributed by atoms with van der Waals surface area (Å²) in [6.45, 7) is 0. The molecule has 1 aliphatic heterocycles. The summed E-state index contributed by atoms with van der Waals surface area (Å²) in [6, 6.07) is 1.87. The Morgan fingerprint density at radius 1 is 1.29 bits per heavy atom. The number of hydrogen-bond acceptors (Lipinski definition) is 6. The van der Waals surface area contributed by atoms with Crippen molar-refractivity contribution in [3.8, 4) is 6.07 Å². The zero-order chi connectivity index (χ0) is 12.8. The Hall–Kier alpha value is -1.87. The van der Waals surface area contributed by atoms with Gasteiger partial charge in [-0.25, -0.2) is 9.59 Å². The van der Waals surface area contributed by atoms with Crippen LogP contribution in [0.3, 0.4) is 0 Å². The van der Waals surface area contributed by atoms with Gasteiger partial charge in [-0.2, -0.15) is 5.26 Å². The number of allylic oxidation sites excluding steroid dienone is 1. The molecular weight excluding hydrogens is 226 g/mol. The molecule has 2 unspecified atom stereocenters. The van der Waals surface area contributed by atoms with Crippen LogP contribution in [-0.4, -0.2) is 38.4 Å². The number of nitrogens with zero attached hydrogens (tertiary/aromatic N) is 1. The Kier molecular flexibility index (Phi) is 4.67. The third-order valence-electron chi connectivity index (χ3n) is 2.42. The van der Waals surface area contributed by atoms with Crippen LogP contribution in [0.15, 0.2) is 11.6 Å². The van der Waals surface area contributed by atoms with Crippen molar-refractivity contribution in [2.24, 2.45) is 0 Å². The number of rotatable bonds is 2. The van der Waals surface area contributed by atoms with Crippen molar-refractivity contribution in [1.82, 2.24) is 0 Å². The molecular formula is C11H13NO5. The molecule has 1 heterocycles. The summed E-state index contributed by atoms with van der Waals surface area (Å²) in [6.07, 6.45) is 0.102. The van der Waals surface area contributed by atoms with E-state index in [1.54, 1.807) is 0 Å². The molecule has 0 saturated carbocycles. The second kappa shape index (κ2) is 6.01. The molecule has 17 heavy (non-hydrogen) atoms. The Morgan fingerprint density at radius 3 is 2.12 bits per heavy atom.